The molecule has 0 aliphatic heterocycles. The van der Waals surface area contributed by atoms with Gasteiger partial charge in [-0.25, -0.2) is 4.79 Å². The second-order valence-electron chi connectivity index (χ2n) is 2.56. The van der Waals surface area contributed by atoms with E-state index in [2.05, 4.69) is 15.9 Å². The summed E-state index contributed by atoms with van der Waals surface area (Å²) >= 11 is 3.18. The average Bonchev–Trinajstić information content (AvgIpc) is 2.02. The van der Waals surface area contributed by atoms with Crippen LogP contribution in [0.3, 0.4) is 0 Å². The number of fused-ring (bicyclic) bond motifs is 1. The van der Waals surface area contributed by atoms with Crippen molar-refractivity contribution in [1.29, 1.82) is 0 Å². The van der Waals surface area contributed by atoms with Crippen molar-refractivity contribution in [2.45, 2.75) is 0 Å². The molecule has 3 nitrogen and oxygen atoms in total. The van der Waals surface area contributed by atoms with E-state index >= 15 is 0 Å². The van der Waals surface area contributed by atoms with E-state index in [4.69, 9.17) is 4.42 Å². The van der Waals surface area contributed by atoms with Gasteiger partial charge in [0.25, 0.3) is 0 Å². The minimum absolute atomic E-state index is 0.0909. The number of phenols is 1. The molecule has 0 atom stereocenters. The van der Waals surface area contributed by atoms with Crippen LogP contribution in [0.25, 0.3) is 11.0 Å². The molecule has 1 aromatic heterocycles. The monoisotopic (exact) mass is 240 g/mol. The number of halogens is 1. The Labute approximate surface area is 81.7 Å². The molecule has 2 aromatic rings. The van der Waals surface area contributed by atoms with Crippen LogP contribution in [0.4, 0.5) is 0 Å². The maximum Gasteiger partial charge on any atom is 0.337 e. The van der Waals surface area contributed by atoms with E-state index in [-0.39, 0.29) is 5.75 Å². The first-order chi connectivity index (χ1) is 6.18. The number of phenolic OH excluding ortho intramolecular Hbond substituents is 1. The van der Waals surface area contributed by atoms with Gasteiger partial charge < -0.3 is 9.52 Å². The zero-order valence-corrected chi connectivity index (χ0v) is 8.04. The molecule has 1 aromatic carbocycles. The third-order valence-electron chi connectivity index (χ3n) is 1.70. The normalized spacial score (nSPS) is 10.5. The highest BCUT2D eigenvalue weighted by molar-refractivity contribution is 9.10. The molecule has 4 heteroatoms. The van der Waals surface area contributed by atoms with Crippen molar-refractivity contribution in [1.82, 2.24) is 0 Å². The molecular weight excluding hydrogens is 236 g/mol. The number of benzene rings is 1. The average molecular weight is 241 g/mol. The molecule has 66 valence electrons. The summed E-state index contributed by atoms with van der Waals surface area (Å²) in [5.74, 6) is 0.0909. The van der Waals surface area contributed by atoms with Crippen molar-refractivity contribution in [2.75, 3.05) is 0 Å². The van der Waals surface area contributed by atoms with Crippen LogP contribution in [0.2, 0.25) is 0 Å². The lowest BCUT2D eigenvalue weighted by Gasteiger charge is -2.00. The third kappa shape index (κ3) is 1.33. The topological polar surface area (TPSA) is 50.4 Å². The van der Waals surface area contributed by atoms with Crippen LogP contribution in [0.5, 0.6) is 5.75 Å². The SMILES string of the molecule is O=c1cc(Br)c2c(O)cccc2o1. The minimum atomic E-state index is -0.440. The Morgan fingerprint density at radius 2 is 2.15 bits per heavy atom. The lowest BCUT2D eigenvalue weighted by Crippen LogP contribution is -1.95. The summed E-state index contributed by atoms with van der Waals surface area (Å²) in [4.78, 5) is 10.9. The first-order valence-corrected chi connectivity index (χ1v) is 4.39. The molecule has 0 unspecified atom stereocenters. The van der Waals surface area contributed by atoms with Gasteiger partial charge in [-0.2, -0.15) is 0 Å². The number of hydrogen-bond acceptors (Lipinski definition) is 3. The molecular formula is C9H5BrO3. The predicted octanol–water partition coefficient (Wildman–Crippen LogP) is 2.26. The first-order valence-electron chi connectivity index (χ1n) is 3.60. The fourth-order valence-electron chi connectivity index (χ4n) is 1.16. The summed E-state index contributed by atoms with van der Waals surface area (Å²) in [6.07, 6.45) is 0. The van der Waals surface area contributed by atoms with Gasteiger partial charge in [0.15, 0.2) is 0 Å². The zero-order chi connectivity index (χ0) is 9.42. The smallest absolute Gasteiger partial charge is 0.337 e. The van der Waals surface area contributed by atoms with Gasteiger partial charge in [-0.3, -0.25) is 0 Å². The zero-order valence-electron chi connectivity index (χ0n) is 6.45. The molecule has 0 fully saturated rings. The van der Waals surface area contributed by atoms with Crippen LogP contribution in [-0.4, -0.2) is 5.11 Å². The van der Waals surface area contributed by atoms with Crippen molar-refractivity contribution >= 4 is 26.9 Å². The Bertz CT molecular complexity index is 516. The molecule has 2 rings (SSSR count). The van der Waals surface area contributed by atoms with Crippen LogP contribution >= 0.6 is 15.9 Å². The number of hydrogen-bond donors (Lipinski definition) is 1. The Balaban J connectivity index is 3.03. The van der Waals surface area contributed by atoms with Crippen LogP contribution in [0.1, 0.15) is 0 Å². The van der Waals surface area contributed by atoms with Gasteiger partial charge in [-0.1, -0.05) is 6.07 Å². The second kappa shape index (κ2) is 2.88. The van der Waals surface area contributed by atoms with Gasteiger partial charge in [0.2, 0.25) is 0 Å². The van der Waals surface area contributed by atoms with Gasteiger partial charge in [0.05, 0.1) is 5.39 Å². The lowest BCUT2D eigenvalue weighted by atomic mass is 10.2. The van der Waals surface area contributed by atoms with Crippen molar-refractivity contribution in [3.8, 4) is 5.75 Å². The maximum atomic E-state index is 10.9. The largest absolute Gasteiger partial charge is 0.507 e. The van der Waals surface area contributed by atoms with Crippen molar-refractivity contribution < 1.29 is 9.52 Å². The molecule has 0 saturated carbocycles. The number of aromatic hydroxyl groups is 1. The molecule has 0 spiro atoms. The maximum absolute atomic E-state index is 10.9. The summed E-state index contributed by atoms with van der Waals surface area (Å²) in [6.45, 7) is 0. The highest BCUT2D eigenvalue weighted by Crippen LogP contribution is 2.29. The molecule has 0 amide bonds. The Morgan fingerprint density at radius 3 is 2.92 bits per heavy atom. The fraction of sp³-hybridized carbons (Fsp3) is 0. The van der Waals surface area contributed by atoms with E-state index in [0.717, 1.165) is 0 Å². The Morgan fingerprint density at radius 1 is 1.38 bits per heavy atom. The Hall–Kier alpha value is -1.29. The summed E-state index contributed by atoms with van der Waals surface area (Å²) in [6, 6.07) is 6.06. The van der Waals surface area contributed by atoms with E-state index in [1.807, 2.05) is 0 Å². The molecule has 0 aliphatic carbocycles. The van der Waals surface area contributed by atoms with Crippen molar-refractivity contribution in [2.24, 2.45) is 0 Å². The summed E-state index contributed by atoms with van der Waals surface area (Å²) < 4.78 is 5.42. The first kappa shape index (κ1) is 8.31. The lowest BCUT2D eigenvalue weighted by molar-refractivity contribution is 0.478. The van der Waals surface area contributed by atoms with Gasteiger partial charge in [0.1, 0.15) is 11.3 Å². The van der Waals surface area contributed by atoms with Crippen LogP contribution < -0.4 is 5.63 Å². The molecule has 0 radical (unpaired) electrons. The van der Waals surface area contributed by atoms with E-state index in [1.54, 1.807) is 12.1 Å². The standard InChI is InChI=1S/C9H5BrO3/c10-5-4-8(12)13-7-3-1-2-6(11)9(5)7/h1-4,11H. The molecule has 1 N–H and O–H groups in total. The fourth-order valence-corrected chi connectivity index (χ4v) is 1.74. The van der Waals surface area contributed by atoms with Gasteiger partial charge in [-0.05, 0) is 28.1 Å². The molecule has 0 bridgehead atoms. The van der Waals surface area contributed by atoms with E-state index in [0.29, 0.717) is 15.4 Å². The molecule has 0 saturated heterocycles. The number of rotatable bonds is 0. The minimum Gasteiger partial charge on any atom is -0.507 e. The highest BCUT2D eigenvalue weighted by Gasteiger charge is 2.06. The van der Waals surface area contributed by atoms with Crippen molar-refractivity contribution in [3.05, 3.63) is 39.2 Å². The third-order valence-corrected chi connectivity index (χ3v) is 2.32. The molecule has 13 heavy (non-hydrogen) atoms. The summed E-state index contributed by atoms with van der Waals surface area (Å²) in [5, 5.41) is 9.97. The van der Waals surface area contributed by atoms with Gasteiger partial charge in [-0.15, -0.1) is 0 Å². The van der Waals surface area contributed by atoms with Gasteiger partial charge >= 0.3 is 5.63 Å². The highest BCUT2D eigenvalue weighted by atomic mass is 79.9. The summed E-state index contributed by atoms with van der Waals surface area (Å²) in [7, 11) is 0. The Kier molecular flexibility index (Phi) is 1.84. The van der Waals surface area contributed by atoms with E-state index < -0.39 is 5.63 Å². The molecule has 0 aliphatic rings. The van der Waals surface area contributed by atoms with Crippen molar-refractivity contribution in [3.63, 3.8) is 0 Å². The van der Waals surface area contributed by atoms with Crippen LogP contribution in [0, 0.1) is 0 Å². The summed E-state index contributed by atoms with van der Waals surface area (Å²) in [5.41, 5.74) is -0.0654. The predicted molar refractivity (Wildman–Crippen MR) is 51.8 cm³/mol. The molecule has 1 heterocycles. The van der Waals surface area contributed by atoms with Crippen LogP contribution in [0.15, 0.2) is 37.9 Å². The van der Waals surface area contributed by atoms with Gasteiger partial charge in [0, 0.05) is 10.5 Å². The second-order valence-corrected chi connectivity index (χ2v) is 3.42. The van der Waals surface area contributed by atoms with E-state index in [9.17, 15) is 9.90 Å². The van der Waals surface area contributed by atoms with E-state index in [1.165, 1.54) is 12.1 Å². The van der Waals surface area contributed by atoms with Crippen LogP contribution in [-0.2, 0) is 0 Å². The quantitative estimate of drug-likeness (QED) is 0.719.